The molecule has 2 heterocycles. The van der Waals surface area contributed by atoms with E-state index in [1.165, 1.54) is 11.0 Å². The van der Waals surface area contributed by atoms with Crippen molar-refractivity contribution in [1.82, 2.24) is 30.1 Å². The number of benzene rings is 2. The largest absolute Gasteiger partial charge is 0.331 e. The molecule has 1 amide bonds. The number of amides is 1. The molecule has 0 saturated heterocycles. The van der Waals surface area contributed by atoms with E-state index in [0.29, 0.717) is 24.3 Å². The lowest BCUT2D eigenvalue weighted by molar-refractivity contribution is 0.0791. The number of hydrogen-bond acceptors (Lipinski definition) is 5. The third kappa shape index (κ3) is 3.73. The van der Waals surface area contributed by atoms with E-state index in [2.05, 4.69) is 33.7 Å². The standard InChI is InChI=1S/C23H20N6O/c1-3-11-28(12-4-2)23(30)19-13-18(14-20(15-19)29-16-25-26-27-29)21-9-5-7-17-8-6-10-24-22(17)21/h3-10,13-16H,1-2,11-12H2. The minimum absolute atomic E-state index is 0.126. The van der Waals surface area contributed by atoms with Crippen molar-refractivity contribution in [2.75, 3.05) is 13.1 Å². The number of carbonyl (C=O) groups excluding carboxylic acids is 1. The number of pyridine rings is 1. The first-order valence-corrected chi connectivity index (χ1v) is 9.45. The van der Waals surface area contributed by atoms with Gasteiger partial charge in [-0.1, -0.05) is 36.4 Å². The van der Waals surface area contributed by atoms with Gasteiger partial charge in [0.1, 0.15) is 6.33 Å². The number of hydrogen-bond donors (Lipinski definition) is 0. The average molecular weight is 396 g/mol. The summed E-state index contributed by atoms with van der Waals surface area (Å²) in [5, 5.41) is 12.4. The molecule has 0 fully saturated rings. The van der Waals surface area contributed by atoms with Crippen molar-refractivity contribution in [3.63, 3.8) is 0 Å². The van der Waals surface area contributed by atoms with E-state index in [1.54, 1.807) is 29.3 Å². The number of fused-ring (bicyclic) bond motifs is 1. The molecule has 0 saturated carbocycles. The summed E-state index contributed by atoms with van der Waals surface area (Å²) in [6, 6.07) is 15.5. The van der Waals surface area contributed by atoms with E-state index < -0.39 is 0 Å². The van der Waals surface area contributed by atoms with E-state index >= 15 is 0 Å². The fraction of sp³-hybridized carbons (Fsp3) is 0.0870. The molecular weight excluding hydrogens is 376 g/mol. The molecule has 148 valence electrons. The molecule has 0 aliphatic heterocycles. The molecule has 0 unspecified atom stereocenters. The highest BCUT2D eigenvalue weighted by Gasteiger charge is 2.17. The lowest BCUT2D eigenvalue weighted by Crippen LogP contribution is -2.31. The normalized spacial score (nSPS) is 10.7. The molecule has 0 aliphatic rings. The Bertz CT molecular complexity index is 1200. The Morgan fingerprint density at radius 2 is 1.87 bits per heavy atom. The molecule has 0 bridgehead atoms. The van der Waals surface area contributed by atoms with Crippen molar-refractivity contribution in [2.45, 2.75) is 0 Å². The number of aromatic nitrogens is 5. The fourth-order valence-electron chi connectivity index (χ4n) is 3.37. The van der Waals surface area contributed by atoms with Crippen LogP contribution in [0.1, 0.15) is 10.4 Å². The highest BCUT2D eigenvalue weighted by Crippen LogP contribution is 2.30. The average Bonchev–Trinajstić information content (AvgIpc) is 3.33. The lowest BCUT2D eigenvalue weighted by atomic mass is 9.98. The summed E-state index contributed by atoms with van der Waals surface area (Å²) in [7, 11) is 0. The number of tetrazole rings is 1. The molecule has 4 rings (SSSR count). The summed E-state index contributed by atoms with van der Waals surface area (Å²) in [6.45, 7) is 8.34. The monoisotopic (exact) mass is 396 g/mol. The lowest BCUT2D eigenvalue weighted by Gasteiger charge is -2.20. The highest BCUT2D eigenvalue weighted by atomic mass is 16.2. The van der Waals surface area contributed by atoms with E-state index in [-0.39, 0.29) is 5.91 Å². The summed E-state index contributed by atoms with van der Waals surface area (Å²) in [6.07, 6.45) is 6.66. The molecule has 2 aromatic carbocycles. The SMILES string of the molecule is C=CCN(CC=C)C(=O)c1cc(-c2cccc3cccnc23)cc(-n2cnnn2)c1. The van der Waals surface area contributed by atoms with E-state index in [4.69, 9.17) is 0 Å². The van der Waals surface area contributed by atoms with Crippen LogP contribution in [0, 0.1) is 0 Å². The summed E-state index contributed by atoms with van der Waals surface area (Å²) >= 11 is 0. The van der Waals surface area contributed by atoms with E-state index in [0.717, 1.165) is 22.0 Å². The number of para-hydroxylation sites is 1. The second kappa shape index (κ2) is 8.48. The maximum atomic E-state index is 13.2. The Balaban J connectivity index is 1.90. The zero-order valence-electron chi connectivity index (χ0n) is 16.3. The summed E-state index contributed by atoms with van der Waals surface area (Å²) in [5.41, 5.74) is 3.85. The second-order valence-electron chi connectivity index (χ2n) is 6.69. The topological polar surface area (TPSA) is 76.8 Å². The number of nitrogens with zero attached hydrogens (tertiary/aromatic N) is 6. The molecule has 0 aliphatic carbocycles. The van der Waals surface area contributed by atoms with Crippen molar-refractivity contribution >= 4 is 16.8 Å². The molecule has 7 heteroatoms. The molecule has 0 spiro atoms. The minimum atomic E-state index is -0.126. The third-order valence-corrected chi connectivity index (χ3v) is 4.71. The van der Waals surface area contributed by atoms with Crippen molar-refractivity contribution in [2.24, 2.45) is 0 Å². The van der Waals surface area contributed by atoms with Crippen LogP contribution in [-0.2, 0) is 0 Å². The summed E-state index contributed by atoms with van der Waals surface area (Å²) in [4.78, 5) is 19.5. The molecule has 30 heavy (non-hydrogen) atoms. The van der Waals surface area contributed by atoms with Crippen molar-refractivity contribution < 1.29 is 4.79 Å². The van der Waals surface area contributed by atoms with Crippen LogP contribution >= 0.6 is 0 Å². The van der Waals surface area contributed by atoms with Gasteiger partial charge in [-0.3, -0.25) is 9.78 Å². The first-order chi connectivity index (χ1) is 14.7. The Labute approximate surface area is 174 Å². The molecule has 0 atom stereocenters. The van der Waals surface area contributed by atoms with Crippen LogP contribution in [0.5, 0.6) is 0 Å². The van der Waals surface area contributed by atoms with Gasteiger partial charge in [0.05, 0.1) is 11.2 Å². The fourth-order valence-corrected chi connectivity index (χ4v) is 3.37. The van der Waals surface area contributed by atoms with Crippen molar-refractivity contribution in [1.29, 1.82) is 0 Å². The molecule has 0 radical (unpaired) electrons. The zero-order valence-corrected chi connectivity index (χ0v) is 16.3. The number of rotatable bonds is 7. The van der Waals surface area contributed by atoms with Crippen LogP contribution < -0.4 is 0 Å². The third-order valence-electron chi connectivity index (χ3n) is 4.71. The smallest absolute Gasteiger partial charge is 0.254 e. The predicted octanol–water partition coefficient (Wildman–Crippen LogP) is 3.69. The molecule has 0 N–H and O–H groups in total. The van der Waals surface area contributed by atoms with Gasteiger partial charge < -0.3 is 4.90 Å². The summed E-state index contributed by atoms with van der Waals surface area (Å²) in [5.74, 6) is -0.126. The van der Waals surface area contributed by atoms with Crippen molar-refractivity contribution in [3.8, 4) is 16.8 Å². The highest BCUT2D eigenvalue weighted by molar-refractivity contribution is 5.99. The van der Waals surface area contributed by atoms with Gasteiger partial charge in [-0.05, 0) is 40.3 Å². The van der Waals surface area contributed by atoms with Gasteiger partial charge in [0, 0.05) is 35.8 Å². The van der Waals surface area contributed by atoms with Crippen LogP contribution in [0.2, 0.25) is 0 Å². The first kappa shape index (κ1) is 19.2. The van der Waals surface area contributed by atoms with Crippen molar-refractivity contribution in [3.05, 3.63) is 91.9 Å². The van der Waals surface area contributed by atoms with E-state index in [1.807, 2.05) is 42.5 Å². The van der Waals surface area contributed by atoms with Gasteiger partial charge in [-0.15, -0.1) is 18.3 Å². The van der Waals surface area contributed by atoms with Gasteiger partial charge >= 0.3 is 0 Å². The molecular formula is C23H20N6O. The van der Waals surface area contributed by atoms with Crippen LogP contribution in [0.4, 0.5) is 0 Å². The Morgan fingerprint density at radius 3 is 2.60 bits per heavy atom. The zero-order chi connectivity index (χ0) is 20.9. The van der Waals surface area contributed by atoms with Crippen LogP contribution in [0.15, 0.2) is 86.4 Å². The maximum absolute atomic E-state index is 13.2. The second-order valence-corrected chi connectivity index (χ2v) is 6.69. The number of carbonyl (C=O) groups is 1. The van der Waals surface area contributed by atoms with Gasteiger partial charge in [0.15, 0.2) is 0 Å². The quantitative estimate of drug-likeness (QED) is 0.445. The Hall–Kier alpha value is -4.13. The minimum Gasteiger partial charge on any atom is -0.331 e. The van der Waals surface area contributed by atoms with Gasteiger partial charge in [0.25, 0.3) is 5.91 Å². The van der Waals surface area contributed by atoms with Gasteiger partial charge in [-0.25, -0.2) is 4.68 Å². The first-order valence-electron chi connectivity index (χ1n) is 9.45. The van der Waals surface area contributed by atoms with E-state index in [9.17, 15) is 4.79 Å². The molecule has 4 aromatic rings. The Kier molecular flexibility index (Phi) is 5.43. The van der Waals surface area contributed by atoms with Crippen LogP contribution in [0.3, 0.4) is 0 Å². The molecule has 7 nitrogen and oxygen atoms in total. The van der Waals surface area contributed by atoms with Crippen LogP contribution in [0.25, 0.3) is 27.7 Å². The Morgan fingerprint density at radius 1 is 1.07 bits per heavy atom. The van der Waals surface area contributed by atoms with Gasteiger partial charge in [-0.2, -0.15) is 0 Å². The molecule has 2 aromatic heterocycles. The maximum Gasteiger partial charge on any atom is 0.254 e. The predicted molar refractivity (Wildman–Crippen MR) is 116 cm³/mol. The van der Waals surface area contributed by atoms with Crippen LogP contribution in [-0.4, -0.2) is 49.1 Å². The van der Waals surface area contributed by atoms with Gasteiger partial charge in [0.2, 0.25) is 0 Å². The summed E-state index contributed by atoms with van der Waals surface area (Å²) < 4.78 is 1.53.